The molecule has 0 saturated carbocycles. The third-order valence-electron chi connectivity index (χ3n) is 2.15. The Morgan fingerprint density at radius 3 is 2.56 bits per heavy atom. The first-order valence-electron chi connectivity index (χ1n) is 5.85. The van der Waals surface area contributed by atoms with Crippen LogP contribution in [0.4, 0.5) is 4.39 Å². The molecule has 0 aliphatic carbocycles. The smallest absolute Gasteiger partial charge is 0.176 e. The summed E-state index contributed by atoms with van der Waals surface area (Å²) in [5, 5.41) is 0. The highest BCUT2D eigenvalue weighted by molar-refractivity contribution is 9.10. The molecule has 18 heavy (non-hydrogen) atoms. The van der Waals surface area contributed by atoms with Gasteiger partial charge in [-0.3, -0.25) is 4.99 Å². The van der Waals surface area contributed by atoms with Crippen molar-refractivity contribution in [2.24, 2.45) is 4.99 Å². The maximum absolute atomic E-state index is 12.9. The fourth-order valence-corrected chi connectivity index (χ4v) is 1.82. The molecule has 3 nitrogen and oxygen atoms in total. The van der Waals surface area contributed by atoms with Crippen molar-refractivity contribution in [1.29, 1.82) is 0 Å². The normalized spacial score (nSPS) is 11.6. The van der Waals surface area contributed by atoms with Crippen LogP contribution in [0.3, 0.4) is 0 Å². The largest absolute Gasteiger partial charge is 0.351 e. The van der Waals surface area contributed by atoms with Gasteiger partial charge in [0.1, 0.15) is 5.82 Å². The predicted molar refractivity (Wildman–Crippen MR) is 73.6 cm³/mol. The molecule has 0 aromatic heterocycles. The van der Waals surface area contributed by atoms with Crippen molar-refractivity contribution in [3.63, 3.8) is 0 Å². The van der Waals surface area contributed by atoms with E-state index in [9.17, 15) is 4.39 Å². The van der Waals surface area contributed by atoms with Crippen LogP contribution < -0.4 is 0 Å². The van der Waals surface area contributed by atoms with Gasteiger partial charge in [0.05, 0.1) is 6.54 Å². The summed E-state index contributed by atoms with van der Waals surface area (Å²) in [6.45, 7) is 5.41. The highest BCUT2D eigenvalue weighted by atomic mass is 79.9. The van der Waals surface area contributed by atoms with Gasteiger partial charge in [-0.05, 0) is 32.0 Å². The van der Waals surface area contributed by atoms with Crippen molar-refractivity contribution in [2.75, 3.05) is 19.8 Å². The van der Waals surface area contributed by atoms with E-state index in [1.165, 1.54) is 12.1 Å². The van der Waals surface area contributed by atoms with Crippen LogP contribution in [0, 0.1) is 5.82 Å². The Morgan fingerprint density at radius 1 is 1.33 bits per heavy atom. The zero-order valence-electron chi connectivity index (χ0n) is 10.5. The van der Waals surface area contributed by atoms with Crippen molar-refractivity contribution in [3.05, 3.63) is 34.1 Å². The van der Waals surface area contributed by atoms with Gasteiger partial charge in [0.25, 0.3) is 0 Å². The van der Waals surface area contributed by atoms with Gasteiger partial charge in [0.15, 0.2) is 6.29 Å². The lowest BCUT2D eigenvalue weighted by atomic mass is 10.2. The second-order valence-electron chi connectivity index (χ2n) is 3.50. The SMILES string of the molecule is CCOC(C/N=C\c1ccc(F)cc1Br)OCC. The maximum atomic E-state index is 12.9. The van der Waals surface area contributed by atoms with Crippen molar-refractivity contribution in [2.45, 2.75) is 20.1 Å². The van der Waals surface area contributed by atoms with Crippen LogP contribution in [0.15, 0.2) is 27.7 Å². The number of hydrogen-bond acceptors (Lipinski definition) is 3. The zero-order valence-corrected chi connectivity index (χ0v) is 12.1. The summed E-state index contributed by atoms with van der Waals surface area (Å²) in [5.41, 5.74) is 0.822. The Kier molecular flexibility index (Phi) is 7.08. The second kappa shape index (κ2) is 8.34. The summed E-state index contributed by atoms with van der Waals surface area (Å²) < 4.78 is 24.3. The van der Waals surface area contributed by atoms with Gasteiger partial charge in [-0.25, -0.2) is 4.39 Å². The highest BCUT2D eigenvalue weighted by Gasteiger charge is 2.05. The molecule has 1 rings (SSSR count). The number of ether oxygens (including phenoxy) is 2. The van der Waals surface area contributed by atoms with E-state index in [0.717, 1.165) is 5.56 Å². The van der Waals surface area contributed by atoms with Crippen molar-refractivity contribution in [3.8, 4) is 0 Å². The summed E-state index contributed by atoms with van der Waals surface area (Å²) in [4.78, 5) is 4.24. The van der Waals surface area contributed by atoms with Gasteiger partial charge in [-0.2, -0.15) is 0 Å². The lowest BCUT2D eigenvalue weighted by Gasteiger charge is -2.14. The van der Waals surface area contributed by atoms with E-state index in [1.54, 1.807) is 12.3 Å². The molecule has 1 aromatic carbocycles. The maximum Gasteiger partial charge on any atom is 0.176 e. The van der Waals surface area contributed by atoms with Crippen LogP contribution in [0.1, 0.15) is 19.4 Å². The van der Waals surface area contributed by atoms with E-state index >= 15 is 0 Å². The van der Waals surface area contributed by atoms with Crippen LogP contribution in [0.25, 0.3) is 0 Å². The molecule has 0 heterocycles. The number of nitrogens with zero attached hydrogens (tertiary/aromatic N) is 1. The third-order valence-corrected chi connectivity index (χ3v) is 2.84. The second-order valence-corrected chi connectivity index (χ2v) is 4.35. The van der Waals surface area contributed by atoms with E-state index < -0.39 is 0 Å². The van der Waals surface area contributed by atoms with Gasteiger partial charge in [-0.15, -0.1) is 0 Å². The van der Waals surface area contributed by atoms with Crippen LogP contribution in [-0.4, -0.2) is 32.3 Å². The van der Waals surface area contributed by atoms with Gasteiger partial charge in [-0.1, -0.05) is 15.9 Å². The molecule has 0 amide bonds. The Labute approximate surface area is 115 Å². The number of rotatable bonds is 7. The topological polar surface area (TPSA) is 30.8 Å². The minimum atomic E-state index is -0.324. The predicted octanol–water partition coefficient (Wildman–Crippen LogP) is 3.41. The molecule has 0 fully saturated rings. The number of hydrogen-bond donors (Lipinski definition) is 0. The fraction of sp³-hybridized carbons (Fsp3) is 0.462. The average Bonchev–Trinajstić information content (AvgIpc) is 2.32. The van der Waals surface area contributed by atoms with Crippen molar-refractivity contribution in [1.82, 2.24) is 0 Å². The molecule has 1 aromatic rings. The van der Waals surface area contributed by atoms with E-state index in [2.05, 4.69) is 20.9 Å². The lowest BCUT2D eigenvalue weighted by Crippen LogP contribution is -2.20. The Hall–Kier alpha value is -0.780. The molecule has 0 saturated heterocycles. The summed E-state index contributed by atoms with van der Waals surface area (Å²) in [6, 6.07) is 4.47. The van der Waals surface area contributed by atoms with Crippen molar-refractivity contribution < 1.29 is 13.9 Å². The Bertz CT molecular complexity index is 393. The first kappa shape index (κ1) is 15.3. The molecule has 0 spiro atoms. The fourth-order valence-electron chi connectivity index (χ4n) is 1.37. The first-order chi connectivity index (χ1) is 8.67. The summed E-state index contributed by atoms with van der Waals surface area (Å²) in [7, 11) is 0. The minimum Gasteiger partial charge on any atom is -0.351 e. The van der Waals surface area contributed by atoms with Crippen LogP contribution in [0.2, 0.25) is 0 Å². The van der Waals surface area contributed by atoms with E-state index in [4.69, 9.17) is 9.47 Å². The molecule has 0 bridgehead atoms. The molecule has 100 valence electrons. The standard InChI is InChI=1S/C13H17BrFNO2/c1-3-17-13(18-4-2)9-16-8-10-5-6-11(15)7-12(10)14/h5-8,13H,3-4,9H2,1-2H3/b16-8-. The number of aliphatic imine (C=N–C) groups is 1. The summed E-state index contributed by atoms with van der Waals surface area (Å²) in [6.07, 6.45) is 1.35. The van der Waals surface area contributed by atoms with Crippen molar-refractivity contribution >= 4 is 22.1 Å². The average molecular weight is 318 g/mol. The Balaban J connectivity index is 2.57. The van der Waals surface area contributed by atoms with Gasteiger partial charge < -0.3 is 9.47 Å². The molecule has 0 aliphatic rings. The van der Waals surface area contributed by atoms with E-state index in [0.29, 0.717) is 24.2 Å². The van der Waals surface area contributed by atoms with Crippen LogP contribution >= 0.6 is 15.9 Å². The molecule has 0 aliphatic heterocycles. The molecule has 0 atom stereocenters. The Morgan fingerprint density at radius 2 is 2.00 bits per heavy atom. The number of benzene rings is 1. The van der Waals surface area contributed by atoms with Gasteiger partial charge in [0, 0.05) is 29.5 Å². The molecular weight excluding hydrogens is 301 g/mol. The third kappa shape index (κ3) is 5.25. The lowest BCUT2D eigenvalue weighted by molar-refractivity contribution is -0.128. The van der Waals surface area contributed by atoms with Gasteiger partial charge in [0.2, 0.25) is 0 Å². The minimum absolute atomic E-state index is 0.277. The molecule has 0 unspecified atom stereocenters. The summed E-state index contributed by atoms with van der Waals surface area (Å²) in [5.74, 6) is -0.277. The quantitative estimate of drug-likeness (QED) is 0.570. The van der Waals surface area contributed by atoms with Gasteiger partial charge >= 0.3 is 0 Å². The van der Waals surface area contributed by atoms with E-state index in [1.807, 2.05) is 13.8 Å². The number of halogens is 2. The monoisotopic (exact) mass is 317 g/mol. The van der Waals surface area contributed by atoms with E-state index in [-0.39, 0.29) is 12.1 Å². The molecular formula is C13H17BrFNO2. The molecule has 0 N–H and O–H groups in total. The first-order valence-corrected chi connectivity index (χ1v) is 6.64. The summed E-state index contributed by atoms with van der Waals surface area (Å²) >= 11 is 3.28. The zero-order chi connectivity index (χ0) is 13.4. The van der Waals surface area contributed by atoms with Crippen LogP contribution in [-0.2, 0) is 9.47 Å². The highest BCUT2D eigenvalue weighted by Crippen LogP contribution is 2.16. The molecule has 0 radical (unpaired) electrons. The van der Waals surface area contributed by atoms with Crippen LogP contribution in [0.5, 0.6) is 0 Å². The molecule has 5 heteroatoms.